The van der Waals surface area contributed by atoms with E-state index in [1.54, 1.807) is 0 Å². The van der Waals surface area contributed by atoms with Gasteiger partial charge in [0, 0.05) is 19.1 Å². The number of aliphatic hydroxyl groups excluding tert-OH is 1. The first-order chi connectivity index (χ1) is 7.15. The zero-order valence-electron chi connectivity index (χ0n) is 9.20. The Bertz CT molecular complexity index is 301. The van der Waals surface area contributed by atoms with Crippen molar-refractivity contribution in [2.75, 3.05) is 18.5 Å². The van der Waals surface area contributed by atoms with E-state index in [2.05, 4.69) is 19.2 Å². The molecule has 0 aliphatic carbocycles. The fraction of sp³-hybridized carbons (Fsp3) is 0.500. The van der Waals surface area contributed by atoms with E-state index in [1.165, 1.54) is 0 Å². The number of aliphatic hydroxyl groups is 1. The molecule has 15 heavy (non-hydrogen) atoms. The second-order valence-electron chi connectivity index (χ2n) is 4.05. The smallest absolute Gasteiger partial charge is 0.0637 e. The lowest BCUT2D eigenvalue weighted by molar-refractivity contribution is 0.198. The molecule has 0 fully saturated rings. The van der Waals surface area contributed by atoms with E-state index in [1.807, 2.05) is 24.3 Å². The SMILES string of the molecule is CC(C)C(CO)CNc1ccccc1Cl. The number of para-hydroxylation sites is 1. The number of hydrogen-bond acceptors (Lipinski definition) is 2. The summed E-state index contributed by atoms with van der Waals surface area (Å²) in [7, 11) is 0. The van der Waals surface area contributed by atoms with Crippen molar-refractivity contribution < 1.29 is 5.11 Å². The minimum absolute atomic E-state index is 0.203. The molecule has 0 aromatic heterocycles. The lowest BCUT2D eigenvalue weighted by Gasteiger charge is -2.19. The fourth-order valence-electron chi connectivity index (χ4n) is 1.36. The Hall–Kier alpha value is -0.730. The highest BCUT2D eigenvalue weighted by atomic mass is 35.5. The normalized spacial score (nSPS) is 12.9. The summed E-state index contributed by atoms with van der Waals surface area (Å²) < 4.78 is 0. The predicted molar refractivity (Wildman–Crippen MR) is 65.4 cm³/mol. The number of anilines is 1. The van der Waals surface area contributed by atoms with E-state index in [4.69, 9.17) is 11.6 Å². The van der Waals surface area contributed by atoms with Crippen LogP contribution in [0.1, 0.15) is 13.8 Å². The Balaban J connectivity index is 2.53. The molecule has 2 N–H and O–H groups in total. The van der Waals surface area contributed by atoms with Gasteiger partial charge in [-0.25, -0.2) is 0 Å². The predicted octanol–water partition coefficient (Wildman–Crippen LogP) is 3.02. The third-order valence-electron chi connectivity index (χ3n) is 2.61. The molecule has 1 unspecified atom stereocenters. The molecule has 0 radical (unpaired) electrons. The van der Waals surface area contributed by atoms with Crippen LogP contribution in [0, 0.1) is 11.8 Å². The first-order valence-corrected chi connectivity index (χ1v) is 5.62. The highest BCUT2D eigenvalue weighted by Crippen LogP contribution is 2.21. The minimum atomic E-state index is 0.203. The van der Waals surface area contributed by atoms with Gasteiger partial charge in [-0.15, -0.1) is 0 Å². The third kappa shape index (κ3) is 3.73. The number of hydrogen-bond donors (Lipinski definition) is 2. The Kier molecular flexibility index (Phi) is 4.92. The van der Waals surface area contributed by atoms with E-state index < -0.39 is 0 Å². The van der Waals surface area contributed by atoms with Crippen LogP contribution in [0.25, 0.3) is 0 Å². The first kappa shape index (κ1) is 12.3. The van der Waals surface area contributed by atoms with Crippen LogP contribution in [-0.2, 0) is 0 Å². The molecule has 0 saturated heterocycles. The van der Waals surface area contributed by atoms with Gasteiger partial charge in [0.05, 0.1) is 10.7 Å². The van der Waals surface area contributed by atoms with Crippen molar-refractivity contribution in [2.24, 2.45) is 11.8 Å². The Labute approximate surface area is 96.3 Å². The van der Waals surface area contributed by atoms with E-state index in [-0.39, 0.29) is 12.5 Å². The Morgan fingerprint density at radius 1 is 1.33 bits per heavy atom. The van der Waals surface area contributed by atoms with Crippen LogP contribution >= 0.6 is 11.6 Å². The van der Waals surface area contributed by atoms with Crippen LogP contribution in [0.15, 0.2) is 24.3 Å². The molecule has 2 nitrogen and oxygen atoms in total. The van der Waals surface area contributed by atoms with Crippen molar-refractivity contribution in [3.05, 3.63) is 29.3 Å². The van der Waals surface area contributed by atoms with Crippen LogP contribution in [0.2, 0.25) is 5.02 Å². The largest absolute Gasteiger partial charge is 0.396 e. The lowest BCUT2D eigenvalue weighted by atomic mass is 9.97. The van der Waals surface area contributed by atoms with Crippen LogP contribution in [0.3, 0.4) is 0 Å². The monoisotopic (exact) mass is 227 g/mol. The minimum Gasteiger partial charge on any atom is -0.396 e. The quantitative estimate of drug-likeness (QED) is 0.811. The molecule has 0 aliphatic heterocycles. The second kappa shape index (κ2) is 5.99. The summed E-state index contributed by atoms with van der Waals surface area (Å²) in [4.78, 5) is 0. The zero-order chi connectivity index (χ0) is 11.3. The summed E-state index contributed by atoms with van der Waals surface area (Å²) in [5, 5.41) is 13.1. The summed E-state index contributed by atoms with van der Waals surface area (Å²) >= 11 is 6.01. The molecule has 84 valence electrons. The maximum atomic E-state index is 9.17. The average Bonchev–Trinajstić information content (AvgIpc) is 2.21. The highest BCUT2D eigenvalue weighted by molar-refractivity contribution is 6.33. The molecular weight excluding hydrogens is 210 g/mol. The van der Waals surface area contributed by atoms with E-state index in [0.717, 1.165) is 17.3 Å². The molecule has 0 heterocycles. The number of nitrogens with one attached hydrogen (secondary N) is 1. The van der Waals surface area contributed by atoms with Crippen molar-refractivity contribution in [3.8, 4) is 0 Å². The van der Waals surface area contributed by atoms with Crippen molar-refractivity contribution in [1.29, 1.82) is 0 Å². The van der Waals surface area contributed by atoms with Gasteiger partial charge in [-0.3, -0.25) is 0 Å². The molecule has 1 rings (SSSR count). The van der Waals surface area contributed by atoms with Gasteiger partial charge >= 0.3 is 0 Å². The van der Waals surface area contributed by atoms with Gasteiger partial charge in [0.15, 0.2) is 0 Å². The molecule has 0 spiro atoms. The van der Waals surface area contributed by atoms with Crippen molar-refractivity contribution in [3.63, 3.8) is 0 Å². The zero-order valence-corrected chi connectivity index (χ0v) is 9.96. The van der Waals surface area contributed by atoms with Gasteiger partial charge in [0.1, 0.15) is 0 Å². The molecule has 0 amide bonds. The maximum absolute atomic E-state index is 9.17. The van der Waals surface area contributed by atoms with E-state index in [9.17, 15) is 5.11 Å². The Morgan fingerprint density at radius 3 is 2.53 bits per heavy atom. The number of halogens is 1. The van der Waals surface area contributed by atoms with Crippen molar-refractivity contribution in [2.45, 2.75) is 13.8 Å². The van der Waals surface area contributed by atoms with Gasteiger partial charge in [-0.2, -0.15) is 0 Å². The molecule has 1 aromatic carbocycles. The topological polar surface area (TPSA) is 32.3 Å². The first-order valence-electron chi connectivity index (χ1n) is 5.24. The molecule has 0 saturated carbocycles. The van der Waals surface area contributed by atoms with Crippen LogP contribution < -0.4 is 5.32 Å². The van der Waals surface area contributed by atoms with E-state index >= 15 is 0 Å². The molecular formula is C12H18ClNO. The molecule has 1 aromatic rings. The van der Waals surface area contributed by atoms with Crippen LogP contribution in [0.4, 0.5) is 5.69 Å². The van der Waals surface area contributed by atoms with Gasteiger partial charge in [0.25, 0.3) is 0 Å². The average molecular weight is 228 g/mol. The summed E-state index contributed by atoms with van der Waals surface area (Å²) in [6, 6.07) is 7.64. The Morgan fingerprint density at radius 2 is 2.00 bits per heavy atom. The van der Waals surface area contributed by atoms with Gasteiger partial charge in [0.2, 0.25) is 0 Å². The molecule has 0 bridgehead atoms. The van der Waals surface area contributed by atoms with Crippen molar-refractivity contribution >= 4 is 17.3 Å². The molecule has 1 atom stereocenters. The second-order valence-corrected chi connectivity index (χ2v) is 4.45. The lowest BCUT2D eigenvalue weighted by Crippen LogP contribution is -2.23. The van der Waals surface area contributed by atoms with Gasteiger partial charge < -0.3 is 10.4 Å². The van der Waals surface area contributed by atoms with E-state index in [0.29, 0.717) is 5.92 Å². The number of rotatable bonds is 5. The summed E-state index contributed by atoms with van der Waals surface area (Å²) in [6.07, 6.45) is 0. The standard InChI is InChI=1S/C12H18ClNO/c1-9(2)10(8-15)7-14-12-6-4-3-5-11(12)13/h3-6,9-10,14-15H,7-8H2,1-2H3. The highest BCUT2D eigenvalue weighted by Gasteiger charge is 2.11. The molecule has 0 aliphatic rings. The number of benzene rings is 1. The maximum Gasteiger partial charge on any atom is 0.0637 e. The summed E-state index contributed by atoms with van der Waals surface area (Å²) in [6.45, 7) is 5.16. The fourth-order valence-corrected chi connectivity index (χ4v) is 1.56. The molecule has 3 heteroatoms. The van der Waals surface area contributed by atoms with Crippen LogP contribution in [0.5, 0.6) is 0 Å². The summed E-state index contributed by atoms with van der Waals surface area (Å²) in [5.74, 6) is 0.728. The summed E-state index contributed by atoms with van der Waals surface area (Å²) in [5.41, 5.74) is 0.929. The van der Waals surface area contributed by atoms with Gasteiger partial charge in [-0.1, -0.05) is 37.6 Å². The third-order valence-corrected chi connectivity index (χ3v) is 2.94. The van der Waals surface area contributed by atoms with Crippen LogP contribution in [-0.4, -0.2) is 18.3 Å². The van der Waals surface area contributed by atoms with Crippen molar-refractivity contribution in [1.82, 2.24) is 0 Å². The van der Waals surface area contributed by atoms with Gasteiger partial charge in [-0.05, 0) is 18.1 Å².